The van der Waals surface area contributed by atoms with E-state index in [1.807, 2.05) is 19.9 Å². The Bertz CT molecular complexity index is 740. The highest BCUT2D eigenvalue weighted by Crippen LogP contribution is 2.26. The number of ether oxygens (including phenoxy) is 2. The summed E-state index contributed by atoms with van der Waals surface area (Å²) < 4.78 is 10.5. The van der Waals surface area contributed by atoms with Crippen LogP contribution in [0.25, 0.3) is 0 Å². The smallest absolute Gasteiger partial charge is 0.343 e. The molecular weight excluding hydrogens is 328 g/mol. The average molecular weight is 347 g/mol. The van der Waals surface area contributed by atoms with Crippen molar-refractivity contribution in [1.82, 2.24) is 0 Å². The van der Waals surface area contributed by atoms with Gasteiger partial charge in [-0.3, -0.25) is 0 Å². The van der Waals surface area contributed by atoms with Crippen LogP contribution in [0.1, 0.15) is 46.0 Å². The molecule has 2 aromatic rings. The monoisotopic (exact) mass is 346 g/mol. The lowest BCUT2D eigenvalue weighted by Crippen LogP contribution is -2.11. The van der Waals surface area contributed by atoms with Crippen LogP contribution in [0.5, 0.6) is 5.75 Å². The number of esters is 2. The van der Waals surface area contributed by atoms with Crippen LogP contribution < -0.4 is 4.74 Å². The molecule has 2 rings (SSSR count). The zero-order valence-electron chi connectivity index (χ0n) is 13.7. The minimum atomic E-state index is -0.578. The number of hydrogen-bond donors (Lipinski definition) is 0. The van der Waals surface area contributed by atoms with Crippen molar-refractivity contribution in [3.05, 3.63) is 64.2 Å². The van der Waals surface area contributed by atoms with Gasteiger partial charge in [-0.15, -0.1) is 0 Å². The largest absolute Gasteiger partial charge is 0.462 e. The summed E-state index contributed by atoms with van der Waals surface area (Å²) in [5.74, 6) is -0.741. The fourth-order valence-electron chi connectivity index (χ4n) is 2.01. The van der Waals surface area contributed by atoms with Gasteiger partial charge in [0, 0.05) is 0 Å². The molecule has 2 aromatic carbocycles. The lowest BCUT2D eigenvalue weighted by atomic mass is 10.1. The molecule has 0 aliphatic rings. The van der Waals surface area contributed by atoms with Gasteiger partial charge in [-0.2, -0.15) is 0 Å². The van der Waals surface area contributed by atoms with Gasteiger partial charge < -0.3 is 9.47 Å². The number of rotatable bonds is 6. The summed E-state index contributed by atoms with van der Waals surface area (Å²) in [6, 6.07) is 11.4. The SMILES string of the molecule is CCCCOC(=O)c1cccc(C(=O)Oc2cc(C)ccc2Cl)c1. The molecule has 0 N–H and O–H groups in total. The van der Waals surface area contributed by atoms with Gasteiger partial charge in [0.05, 0.1) is 22.8 Å². The van der Waals surface area contributed by atoms with E-state index in [1.54, 1.807) is 30.3 Å². The first kappa shape index (κ1) is 18.0. The van der Waals surface area contributed by atoms with Crippen LogP contribution in [-0.2, 0) is 4.74 Å². The van der Waals surface area contributed by atoms with Crippen molar-refractivity contribution in [2.75, 3.05) is 6.61 Å². The predicted molar refractivity (Wildman–Crippen MR) is 92.8 cm³/mol. The number of hydrogen-bond acceptors (Lipinski definition) is 4. The van der Waals surface area contributed by atoms with Crippen molar-refractivity contribution in [2.45, 2.75) is 26.7 Å². The van der Waals surface area contributed by atoms with Gasteiger partial charge in [0.1, 0.15) is 5.75 Å². The highest BCUT2D eigenvalue weighted by molar-refractivity contribution is 6.32. The summed E-state index contributed by atoms with van der Waals surface area (Å²) in [5, 5.41) is 0.351. The van der Waals surface area contributed by atoms with Crippen molar-refractivity contribution in [3.63, 3.8) is 0 Å². The Morgan fingerprint density at radius 2 is 1.75 bits per heavy atom. The third-order valence-electron chi connectivity index (χ3n) is 3.35. The Balaban J connectivity index is 2.11. The summed E-state index contributed by atoms with van der Waals surface area (Å²) in [5.41, 5.74) is 1.50. The molecule has 0 spiro atoms. The molecular formula is C19H19ClO4. The molecule has 0 fully saturated rings. The van der Waals surface area contributed by atoms with Crippen molar-refractivity contribution in [1.29, 1.82) is 0 Å². The van der Waals surface area contributed by atoms with E-state index in [-0.39, 0.29) is 11.3 Å². The maximum absolute atomic E-state index is 12.3. The summed E-state index contributed by atoms with van der Waals surface area (Å²) >= 11 is 6.03. The number of unbranched alkanes of at least 4 members (excludes halogenated alkanes) is 1. The predicted octanol–water partition coefficient (Wildman–Crippen LogP) is 4.82. The lowest BCUT2D eigenvalue weighted by molar-refractivity contribution is 0.0499. The van der Waals surface area contributed by atoms with Crippen LogP contribution in [0.4, 0.5) is 0 Å². The number of halogens is 1. The van der Waals surface area contributed by atoms with Gasteiger partial charge >= 0.3 is 11.9 Å². The highest BCUT2D eigenvalue weighted by Gasteiger charge is 2.14. The van der Waals surface area contributed by atoms with Gasteiger partial charge in [0.15, 0.2) is 0 Å². The van der Waals surface area contributed by atoms with E-state index in [1.165, 1.54) is 6.07 Å². The fraction of sp³-hybridized carbons (Fsp3) is 0.263. The molecule has 0 atom stereocenters. The first-order valence-electron chi connectivity index (χ1n) is 7.76. The van der Waals surface area contributed by atoms with Crippen LogP contribution in [0.3, 0.4) is 0 Å². The first-order valence-corrected chi connectivity index (χ1v) is 8.14. The molecule has 0 saturated heterocycles. The molecule has 0 amide bonds. The molecule has 126 valence electrons. The van der Waals surface area contributed by atoms with Crippen molar-refractivity contribution in [2.24, 2.45) is 0 Å². The molecule has 0 aromatic heterocycles. The molecule has 0 radical (unpaired) electrons. The van der Waals surface area contributed by atoms with Crippen LogP contribution in [0.15, 0.2) is 42.5 Å². The quantitative estimate of drug-likeness (QED) is 0.427. The molecule has 5 heteroatoms. The zero-order valence-corrected chi connectivity index (χ0v) is 14.4. The Morgan fingerprint density at radius 1 is 1.04 bits per heavy atom. The number of benzene rings is 2. The van der Waals surface area contributed by atoms with Gasteiger partial charge in [-0.05, 0) is 49.2 Å². The molecule has 0 heterocycles. The number of carbonyl (C=O) groups excluding carboxylic acids is 2. The molecule has 0 aliphatic carbocycles. The van der Waals surface area contributed by atoms with Gasteiger partial charge in [0.2, 0.25) is 0 Å². The highest BCUT2D eigenvalue weighted by atomic mass is 35.5. The zero-order chi connectivity index (χ0) is 17.5. The second-order valence-corrected chi connectivity index (χ2v) is 5.80. The second-order valence-electron chi connectivity index (χ2n) is 5.39. The summed E-state index contributed by atoms with van der Waals surface area (Å²) in [6.45, 7) is 4.25. The van der Waals surface area contributed by atoms with Crippen molar-refractivity contribution >= 4 is 23.5 Å². The van der Waals surface area contributed by atoms with Crippen LogP contribution in [0.2, 0.25) is 5.02 Å². The lowest BCUT2D eigenvalue weighted by Gasteiger charge is -2.08. The normalized spacial score (nSPS) is 10.3. The van der Waals surface area contributed by atoms with Gasteiger partial charge in [-0.25, -0.2) is 9.59 Å². The molecule has 0 aliphatic heterocycles. The van der Waals surface area contributed by atoms with E-state index in [2.05, 4.69) is 0 Å². The first-order chi connectivity index (χ1) is 11.5. The number of carbonyl (C=O) groups is 2. The molecule has 4 nitrogen and oxygen atoms in total. The summed E-state index contributed by atoms with van der Waals surface area (Å²) in [4.78, 5) is 24.2. The molecule has 24 heavy (non-hydrogen) atoms. The van der Waals surface area contributed by atoms with E-state index in [4.69, 9.17) is 21.1 Å². The van der Waals surface area contributed by atoms with E-state index in [0.717, 1.165) is 18.4 Å². The molecule has 0 saturated carbocycles. The molecule has 0 unspecified atom stereocenters. The minimum absolute atomic E-state index is 0.262. The minimum Gasteiger partial charge on any atom is -0.462 e. The summed E-state index contributed by atoms with van der Waals surface area (Å²) in [7, 11) is 0. The third kappa shape index (κ3) is 4.83. The Hall–Kier alpha value is -2.33. The number of aryl methyl sites for hydroxylation is 1. The Morgan fingerprint density at radius 3 is 2.46 bits per heavy atom. The van der Waals surface area contributed by atoms with E-state index in [0.29, 0.717) is 17.2 Å². The average Bonchev–Trinajstić information content (AvgIpc) is 2.58. The Labute approximate surface area is 146 Å². The Kier molecular flexibility index (Phi) is 6.38. The van der Waals surface area contributed by atoms with Crippen LogP contribution in [0, 0.1) is 6.92 Å². The van der Waals surface area contributed by atoms with Gasteiger partial charge in [-0.1, -0.05) is 37.1 Å². The summed E-state index contributed by atoms with van der Waals surface area (Å²) in [6.07, 6.45) is 1.75. The van der Waals surface area contributed by atoms with Crippen LogP contribution >= 0.6 is 11.6 Å². The standard InChI is InChI=1S/C19H19ClO4/c1-3-4-10-23-18(21)14-6-5-7-15(12-14)19(22)24-17-11-13(2)8-9-16(17)20/h5-9,11-12H,3-4,10H2,1-2H3. The third-order valence-corrected chi connectivity index (χ3v) is 3.67. The van der Waals surface area contributed by atoms with E-state index in [9.17, 15) is 9.59 Å². The molecule has 0 bridgehead atoms. The van der Waals surface area contributed by atoms with Crippen LogP contribution in [-0.4, -0.2) is 18.5 Å². The second kappa shape index (κ2) is 8.50. The maximum atomic E-state index is 12.3. The van der Waals surface area contributed by atoms with Gasteiger partial charge in [0.25, 0.3) is 0 Å². The topological polar surface area (TPSA) is 52.6 Å². The van der Waals surface area contributed by atoms with E-state index < -0.39 is 11.9 Å². The van der Waals surface area contributed by atoms with Crippen molar-refractivity contribution in [3.8, 4) is 5.75 Å². The fourth-order valence-corrected chi connectivity index (χ4v) is 2.17. The van der Waals surface area contributed by atoms with Crippen molar-refractivity contribution < 1.29 is 19.1 Å². The maximum Gasteiger partial charge on any atom is 0.343 e. The van der Waals surface area contributed by atoms with E-state index >= 15 is 0 Å².